The standard InChI is InChI=1S/C18H15FN2O/c1-2-10-22-15-6-7-16-17(8-9-20-18(16)12-15)21-14-5-3-4-13(19)11-14/h2-9,11-12H,1,10H2,(H,20,21). The fraction of sp³-hybridized carbons (Fsp3) is 0.0556. The number of halogens is 1. The number of aromatic nitrogens is 1. The summed E-state index contributed by atoms with van der Waals surface area (Å²) in [6.45, 7) is 4.08. The third-order valence-electron chi connectivity index (χ3n) is 3.19. The van der Waals surface area contributed by atoms with Crippen LogP contribution in [0.25, 0.3) is 10.9 Å². The fourth-order valence-corrected chi connectivity index (χ4v) is 2.20. The number of ether oxygens (including phenoxy) is 1. The zero-order valence-electron chi connectivity index (χ0n) is 11.9. The first-order chi connectivity index (χ1) is 10.8. The predicted molar refractivity (Wildman–Crippen MR) is 87.1 cm³/mol. The quantitative estimate of drug-likeness (QED) is 0.694. The Bertz CT molecular complexity index is 817. The van der Waals surface area contributed by atoms with Crippen molar-refractivity contribution in [1.29, 1.82) is 0 Å². The second-order valence-electron chi connectivity index (χ2n) is 4.77. The average molecular weight is 294 g/mol. The van der Waals surface area contributed by atoms with E-state index in [4.69, 9.17) is 4.74 Å². The Hall–Kier alpha value is -2.88. The molecule has 0 aliphatic rings. The van der Waals surface area contributed by atoms with E-state index in [1.165, 1.54) is 12.1 Å². The van der Waals surface area contributed by atoms with Crippen LogP contribution in [0.5, 0.6) is 5.75 Å². The number of pyridine rings is 1. The highest BCUT2D eigenvalue weighted by atomic mass is 19.1. The Kier molecular flexibility index (Phi) is 4.01. The molecule has 0 aliphatic carbocycles. The van der Waals surface area contributed by atoms with Crippen molar-refractivity contribution in [3.8, 4) is 5.75 Å². The molecule has 110 valence electrons. The van der Waals surface area contributed by atoms with Crippen LogP contribution in [0.4, 0.5) is 15.8 Å². The van der Waals surface area contributed by atoms with Crippen LogP contribution in [-0.2, 0) is 0 Å². The van der Waals surface area contributed by atoms with Crippen molar-refractivity contribution >= 4 is 22.3 Å². The highest BCUT2D eigenvalue weighted by Crippen LogP contribution is 2.28. The molecule has 1 N–H and O–H groups in total. The van der Waals surface area contributed by atoms with Crippen LogP contribution in [0, 0.1) is 5.82 Å². The largest absolute Gasteiger partial charge is 0.489 e. The van der Waals surface area contributed by atoms with Crippen molar-refractivity contribution in [2.24, 2.45) is 0 Å². The maximum absolute atomic E-state index is 13.3. The van der Waals surface area contributed by atoms with Gasteiger partial charge in [0.2, 0.25) is 0 Å². The highest BCUT2D eigenvalue weighted by Gasteiger charge is 2.05. The van der Waals surface area contributed by atoms with Gasteiger partial charge in [-0.15, -0.1) is 0 Å². The van der Waals surface area contributed by atoms with E-state index in [1.807, 2.05) is 30.3 Å². The molecule has 1 heterocycles. The predicted octanol–water partition coefficient (Wildman–Crippen LogP) is 4.68. The summed E-state index contributed by atoms with van der Waals surface area (Å²) >= 11 is 0. The van der Waals surface area contributed by atoms with E-state index in [2.05, 4.69) is 16.9 Å². The molecule has 0 unspecified atom stereocenters. The van der Waals surface area contributed by atoms with Crippen LogP contribution in [0.15, 0.2) is 67.4 Å². The third kappa shape index (κ3) is 3.06. The minimum atomic E-state index is -0.275. The van der Waals surface area contributed by atoms with Crippen LogP contribution in [0.1, 0.15) is 0 Å². The maximum atomic E-state index is 13.3. The topological polar surface area (TPSA) is 34.1 Å². The number of benzene rings is 2. The van der Waals surface area contributed by atoms with Gasteiger partial charge in [0.15, 0.2) is 0 Å². The Balaban J connectivity index is 1.94. The van der Waals surface area contributed by atoms with E-state index in [1.54, 1.807) is 18.3 Å². The summed E-state index contributed by atoms with van der Waals surface area (Å²) < 4.78 is 18.8. The Morgan fingerprint density at radius 3 is 2.91 bits per heavy atom. The van der Waals surface area contributed by atoms with E-state index in [-0.39, 0.29) is 5.82 Å². The van der Waals surface area contributed by atoms with Crippen molar-refractivity contribution in [3.63, 3.8) is 0 Å². The van der Waals surface area contributed by atoms with Crippen molar-refractivity contribution in [3.05, 3.63) is 73.2 Å². The molecule has 0 bridgehead atoms. The molecule has 4 heteroatoms. The number of nitrogens with zero attached hydrogens (tertiary/aromatic N) is 1. The number of rotatable bonds is 5. The summed E-state index contributed by atoms with van der Waals surface area (Å²) in [7, 11) is 0. The Morgan fingerprint density at radius 2 is 2.09 bits per heavy atom. The third-order valence-corrected chi connectivity index (χ3v) is 3.19. The monoisotopic (exact) mass is 294 g/mol. The normalized spacial score (nSPS) is 10.4. The molecular weight excluding hydrogens is 279 g/mol. The molecule has 22 heavy (non-hydrogen) atoms. The van der Waals surface area contributed by atoms with Crippen LogP contribution in [0.2, 0.25) is 0 Å². The zero-order valence-corrected chi connectivity index (χ0v) is 11.9. The lowest BCUT2D eigenvalue weighted by atomic mass is 10.1. The first kappa shape index (κ1) is 14.1. The molecule has 0 amide bonds. The molecule has 1 aromatic heterocycles. The van der Waals surface area contributed by atoms with Gasteiger partial charge in [-0.05, 0) is 36.4 Å². The van der Waals surface area contributed by atoms with Crippen LogP contribution < -0.4 is 10.1 Å². The van der Waals surface area contributed by atoms with Gasteiger partial charge in [0.25, 0.3) is 0 Å². The summed E-state index contributed by atoms with van der Waals surface area (Å²) in [6.07, 6.45) is 3.40. The van der Waals surface area contributed by atoms with E-state index in [0.717, 1.165) is 22.3 Å². The summed E-state index contributed by atoms with van der Waals surface area (Å²) in [5, 5.41) is 4.16. The molecule has 0 radical (unpaired) electrons. The minimum Gasteiger partial charge on any atom is -0.489 e. The van der Waals surface area contributed by atoms with Gasteiger partial charge >= 0.3 is 0 Å². The molecule has 0 saturated heterocycles. The van der Waals surface area contributed by atoms with Gasteiger partial charge in [0.05, 0.1) is 5.52 Å². The van der Waals surface area contributed by atoms with E-state index in [0.29, 0.717) is 12.3 Å². The lowest BCUT2D eigenvalue weighted by Crippen LogP contribution is -1.95. The first-order valence-electron chi connectivity index (χ1n) is 6.91. The molecule has 0 saturated carbocycles. The smallest absolute Gasteiger partial charge is 0.125 e. The van der Waals surface area contributed by atoms with Crippen LogP contribution in [-0.4, -0.2) is 11.6 Å². The van der Waals surface area contributed by atoms with E-state index >= 15 is 0 Å². The fourth-order valence-electron chi connectivity index (χ4n) is 2.20. The number of anilines is 2. The van der Waals surface area contributed by atoms with Crippen LogP contribution >= 0.6 is 0 Å². The summed E-state index contributed by atoms with van der Waals surface area (Å²) in [5.74, 6) is 0.464. The number of fused-ring (bicyclic) bond motifs is 1. The molecule has 3 aromatic rings. The van der Waals surface area contributed by atoms with Gasteiger partial charge in [-0.1, -0.05) is 18.7 Å². The van der Waals surface area contributed by atoms with Gasteiger partial charge in [-0.3, -0.25) is 4.98 Å². The SMILES string of the molecule is C=CCOc1ccc2c(Nc3cccc(F)c3)ccnc2c1. The van der Waals surface area contributed by atoms with Gasteiger partial charge in [0, 0.05) is 29.0 Å². The van der Waals surface area contributed by atoms with Crippen LogP contribution in [0.3, 0.4) is 0 Å². The number of hydrogen-bond acceptors (Lipinski definition) is 3. The van der Waals surface area contributed by atoms with E-state index in [9.17, 15) is 4.39 Å². The molecule has 3 rings (SSSR count). The summed E-state index contributed by atoms with van der Waals surface area (Å²) in [5.41, 5.74) is 2.37. The molecule has 3 nitrogen and oxygen atoms in total. The lowest BCUT2D eigenvalue weighted by Gasteiger charge is -2.10. The molecule has 0 fully saturated rings. The summed E-state index contributed by atoms with van der Waals surface area (Å²) in [4.78, 5) is 4.35. The molecule has 0 atom stereocenters. The lowest BCUT2D eigenvalue weighted by molar-refractivity contribution is 0.363. The zero-order chi connectivity index (χ0) is 15.4. The van der Waals surface area contributed by atoms with Crippen molar-refractivity contribution < 1.29 is 9.13 Å². The average Bonchev–Trinajstić information content (AvgIpc) is 2.53. The number of nitrogens with one attached hydrogen (secondary N) is 1. The van der Waals surface area contributed by atoms with Gasteiger partial charge in [0.1, 0.15) is 18.2 Å². The van der Waals surface area contributed by atoms with Gasteiger partial charge in [-0.25, -0.2) is 4.39 Å². The maximum Gasteiger partial charge on any atom is 0.125 e. The van der Waals surface area contributed by atoms with E-state index < -0.39 is 0 Å². The Morgan fingerprint density at radius 1 is 1.18 bits per heavy atom. The minimum absolute atomic E-state index is 0.275. The second kappa shape index (κ2) is 6.26. The molecular formula is C18H15FN2O. The molecule has 0 aliphatic heterocycles. The Labute approximate surface area is 128 Å². The van der Waals surface area contributed by atoms with Gasteiger partial charge < -0.3 is 10.1 Å². The van der Waals surface area contributed by atoms with Gasteiger partial charge in [-0.2, -0.15) is 0 Å². The van der Waals surface area contributed by atoms with Crippen molar-refractivity contribution in [1.82, 2.24) is 4.98 Å². The second-order valence-corrected chi connectivity index (χ2v) is 4.77. The first-order valence-corrected chi connectivity index (χ1v) is 6.91. The van der Waals surface area contributed by atoms with Crippen molar-refractivity contribution in [2.45, 2.75) is 0 Å². The highest BCUT2D eigenvalue weighted by molar-refractivity contribution is 5.93. The molecule has 2 aromatic carbocycles. The molecule has 0 spiro atoms. The van der Waals surface area contributed by atoms with Crippen molar-refractivity contribution in [2.75, 3.05) is 11.9 Å². The number of hydrogen-bond donors (Lipinski definition) is 1. The summed E-state index contributed by atoms with van der Waals surface area (Å²) in [6, 6.07) is 13.9.